The minimum Gasteiger partial charge on any atom is -0.270 e. The van der Waals surface area contributed by atoms with Crippen LogP contribution in [-0.4, -0.2) is 71.0 Å². The highest BCUT2D eigenvalue weighted by molar-refractivity contribution is 9.10. The lowest BCUT2D eigenvalue weighted by Gasteiger charge is -2.31. The molecule has 25 heavy (non-hydrogen) atoms. The molecule has 0 bridgehead atoms. The quantitative estimate of drug-likeness (QED) is 0.463. The highest BCUT2D eigenvalue weighted by atomic mass is 79.9. The van der Waals surface area contributed by atoms with E-state index in [1.165, 1.54) is 11.9 Å². The molecule has 1 fully saturated rings. The average molecular weight is 406 g/mol. The lowest BCUT2D eigenvalue weighted by molar-refractivity contribution is -0.533. The Hall–Kier alpha value is -2.55. The second kappa shape index (κ2) is 6.75. The maximum absolute atomic E-state index is 12.5. The van der Waals surface area contributed by atoms with E-state index in [1.807, 2.05) is 31.2 Å². The maximum atomic E-state index is 12.5. The van der Waals surface area contributed by atoms with Gasteiger partial charge in [-0.3, -0.25) is 14.6 Å². The van der Waals surface area contributed by atoms with Crippen molar-refractivity contribution < 1.29 is 14.2 Å². The summed E-state index contributed by atoms with van der Waals surface area (Å²) in [6.45, 7) is 2.47. The van der Waals surface area contributed by atoms with Crippen LogP contribution < -0.4 is 5.43 Å². The van der Waals surface area contributed by atoms with Gasteiger partial charge in [0.2, 0.25) is 11.9 Å². The number of hydrogen-bond acceptors (Lipinski definition) is 5. The van der Waals surface area contributed by atoms with Gasteiger partial charge in [-0.1, -0.05) is 33.1 Å². The minimum absolute atomic E-state index is 0.294. The van der Waals surface area contributed by atoms with Crippen molar-refractivity contribution in [1.29, 1.82) is 0 Å². The molecule has 9 heteroatoms. The van der Waals surface area contributed by atoms with Gasteiger partial charge in [-0.25, -0.2) is 9.37 Å². The van der Waals surface area contributed by atoms with Crippen LogP contribution in [0.4, 0.5) is 4.79 Å². The van der Waals surface area contributed by atoms with Crippen LogP contribution in [0.2, 0.25) is 0 Å². The number of hydrogen-bond donors (Lipinski definition) is 1. The fourth-order valence-electron chi connectivity index (χ4n) is 2.73. The first kappa shape index (κ1) is 17.3. The lowest BCUT2D eigenvalue weighted by atomic mass is 10.1. The third kappa shape index (κ3) is 3.07. The summed E-state index contributed by atoms with van der Waals surface area (Å²) >= 11 is 3.38. The molecular formula is C16H18BrN6O2+. The Kier molecular flexibility index (Phi) is 4.67. The van der Waals surface area contributed by atoms with Crippen molar-refractivity contribution >= 4 is 45.9 Å². The van der Waals surface area contributed by atoms with Crippen LogP contribution in [-0.2, 0) is 4.79 Å². The van der Waals surface area contributed by atoms with E-state index >= 15 is 0 Å². The Morgan fingerprint density at radius 3 is 2.60 bits per heavy atom. The molecule has 1 saturated heterocycles. The Morgan fingerprint density at radius 1 is 1.28 bits per heavy atom. The summed E-state index contributed by atoms with van der Waals surface area (Å²) in [7, 11) is 3.09. The van der Waals surface area contributed by atoms with E-state index in [0.29, 0.717) is 18.3 Å². The van der Waals surface area contributed by atoms with Gasteiger partial charge in [-0.2, -0.15) is 5.43 Å². The minimum atomic E-state index is -0.608. The molecule has 8 nitrogen and oxygen atoms in total. The molecule has 3 rings (SSSR count). The SMILES string of the molecule is CC[N+]1=C(N/N=C/c2ccc(Br)cc2)N=C2C1C(=O)N(C)C(=O)N2C. The number of hydrazone groups is 1. The number of carbonyl (C=O) groups is 2. The number of nitrogens with one attached hydrogen (secondary N) is 1. The maximum Gasteiger partial charge on any atom is 0.413 e. The highest BCUT2D eigenvalue weighted by Crippen LogP contribution is 2.18. The molecule has 0 radical (unpaired) electrons. The Bertz CT molecular complexity index is 814. The summed E-state index contributed by atoms with van der Waals surface area (Å²) in [5.41, 5.74) is 3.80. The fraction of sp³-hybridized carbons (Fsp3) is 0.312. The number of rotatable bonds is 3. The summed E-state index contributed by atoms with van der Waals surface area (Å²) in [5.74, 6) is 0.563. The number of amidine groups is 1. The van der Waals surface area contributed by atoms with Gasteiger partial charge < -0.3 is 0 Å². The lowest BCUT2D eigenvalue weighted by Crippen LogP contribution is -2.61. The number of likely N-dealkylation sites (N-methyl/N-ethyl adjacent to an activating group) is 3. The number of guanidine groups is 1. The second-order valence-electron chi connectivity index (χ2n) is 5.64. The van der Waals surface area contributed by atoms with E-state index in [2.05, 4.69) is 31.4 Å². The number of amides is 3. The van der Waals surface area contributed by atoms with E-state index in [4.69, 9.17) is 0 Å². The first-order chi connectivity index (χ1) is 11.9. The molecule has 130 valence electrons. The molecule has 3 amide bonds. The highest BCUT2D eigenvalue weighted by Gasteiger charge is 2.50. The molecule has 2 aliphatic heterocycles. The molecular weight excluding hydrogens is 388 g/mol. The summed E-state index contributed by atoms with van der Waals surface area (Å²) in [6, 6.07) is 6.68. The van der Waals surface area contributed by atoms with Gasteiger partial charge in [-0.05, 0) is 24.6 Å². The molecule has 1 aromatic rings. The van der Waals surface area contributed by atoms with Gasteiger partial charge in [0, 0.05) is 18.6 Å². The molecule has 1 aromatic carbocycles. The molecule has 1 atom stereocenters. The number of fused-ring (bicyclic) bond motifs is 1. The van der Waals surface area contributed by atoms with Crippen molar-refractivity contribution in [3.05, 3.63) is 34.3 Å². The molecule has 1 N–H and O–H groups in total. The summed E-state index contributed by atoms with van der Waals surface area (Å²) < 4.78 is 2.78. The fourth-order valence-corrected chi connectivity index (χ4v) is 3.00. The van der Waals surface area contributed by atoms with E-state index in [0.717, 1.165) is 14.9 Å². The Labute approximate surface area is 153 Å². The number of nitrogens with zero attached hydrogens (tertiary/aromatic N) is 5. The first-order valence-corrected chi connectivity index (χ1v) is 8.55. The third-order valence-corrected chi connectivity index (χ3v) is 4.65. The summed E-state index contributed by atoms with van der Waals surface area (Å²) in [4.78, 5) is 31.5. The third-order valence-electron chi connectivity index (χ3n) is 4.12. The van der Waals surface area contributed by atoms with Gasteiger partial charge in [0.05, 0.1) is 12.8 Å². The van der Waals surface area contributed by atoms with E-state index in [-0.39, 0.29) is 5.91 Å². The van der Waals surface area contributed by atoms with Crippen LogP contribution >= 0.6 is 15.9 Å². The van der Waals surface area contributed by atoms with Gasteiger partial charge in [0.15, 0.2) is 0 Å². The summed E-state index contributed by atoms with van der Waals surface area (Å²) in [6.07, 6.45) is 1.66. The zero-order valence-corrected chi connectivity index (χ0v) is 15.7. The molecule has 0 aromatic heterocycles. The van der Waals surface area contributed by atoms with Crippen molar-refractivity contribution in [2.45, 2.75) is 13.0 Å². The number of halogens is 1. The van der Waals surface area contributed by atoms with Crippen molar-refractivity contribution in [3.63, 3.8) is 0 Å². The largest absolute Gasteiger partial charge is 0.413 e. The number of imide groups is 1. The smallest absolute Gasteiger partial charge is 0.270 e. The van der Waals surface area contributed by atoms with Crippen LogP contribution in [0.1, 0.15) is 12.5 Å². The molecule has 0 spiro atoms. The summed E-state index contributed by atoms with van der Waals surface area (Å²) in [5, 5.41) is 4.19. The van der Waals surface area contributed by atoms with Crippen LogP contribution in [0.25, 0.3) is 0 Å². The number of aliphatic imine (C=N–C) groups is 1. The predicted molar refractivity (Wildman–Crippen MR) is 97.8 cm³/mol. The average Bonchev–Trinajstić information content (AvgIpc) is 2.98. The topological polar surface area (TPSA) is 80.4 Å². The van der Waals surface area contributed by atoms with Crippen molar-refractivity contribution in [1.82, 2.24) is 15.2 Å². The first-order valence-electron chi connectivity index (χ1n) is 7.76. The Balaban J connectivity index is 1.84. The standard InChI is InChI=1S/C16H17BrN6O2/c1-4-23-12-13(21(2)16(25)22(3)14(12)24)19-15(23)20-18-9-10-5-7-11(17)8-6-10/h5-9,12H,4H2,1-3H3/p+1/b18-9+. The van der Waals surface area contributed by atoms with Crippen molar-refractivity contribution in [2.24, 2.45) is 10.1 Å². The van der Waals surface area contributed by atoms with E-state index in [9.17, 15) is 9.59 Å². The number of urea groups is 1. The Morgan fingerprint density at radius 2 is 1.96 bits per heavy atom. The van der Waals surface area contributed by atoms with Crippen LogP contribution in [0, 0.1) is 0 Å². The van der Waals surface area contributed by atoms with Crippen LogP contribution in [0.3, 0.4) is 0 Å². The van der Waals surface area contributed by atoms with Gasteiger partial charge in [0.1, 0.15) is 0 Å². The zero-order valence-electron chi connectivity index (χ0n) is 14.1. The molecule has 2 aliphatic rings. The van der Waals surface area contributed by atoms with E-state index < -0.39 is 12.1 Å². The molecule has 2 heterocycles. The van der Waals surface area contributed by atoms with Crippen LogP contribution in [0.5, 0.6) is 0 Å². The predicted octanol–water partition coefficient (Wildman–Crippen LogP) is 1.07. The second-order valence-corrected chi connectivity index (χ2v) is 6.56. The monoisotopic (exact) mass is 405 g/mol. The molecule has 1 unspecified atom stereocenters. The number of carbonyl (C=O) groups excluding carboxylic acids is 2. The molecule has 0 saturated carbocycles. The van der Waals surface area contributed by atoms with Crippen molar-refractivity contribution in [3.8, 4) is 0 Å². The van der Waals surface area contributed by atoms with Gasteiger partial charge in [-0.15, -0.1) is 5.10 Å². The number of benzene rings is 1. The zero-order chi connectivity index (χ0) is 18.1. The van der Waals surface area contributed by atoms with Gasteiger partial charge >= 0.3 is 12.0 Å². The normalized spacial score (nSPS) is 20.5. The van der Waals surface area contributed by atoms with Crippen molar-refractivity contribution in [2.75, 3.05) is 20.6 Å². The van der Waals surface area contributed by atoms with Crippen LogP contribution in [0.15, 0.2) is 38.8 Å². The van der Waals surface area contributed by atoms with E-state index in [1.54, 1.807) is 17.8 Å². The van der Waals surface area contributed by atoms with Gasteiger partial charge in [0.25, 0.3) is 5.91 Å². The molecule has 0 aliphatic carbocycles.